The molecule has 145 heavy (non-hydrogen) atoms. The van der Waals surface area contributed by atoms with Gasteiger partial charge in [0.15, 0.2) is 0 Å². The van der Waals surface area contributed by atoms with Gasteiger partial charge in [-0.2, -0.15) is 0 Å². The van der Waals surface area contributed by atoms with E-state index in [1.54, 1.807) is 0 Å². The summed E-state index contributed by atoms with van der Waals surface area (Å²) in [6, 6.07) is 26.5. The Morgan fingerprint density at radius 1 is 0.297 bits per heavy atom. The maximum atomic E-state index is 12.0. The molecule has 5 unspecified atom stereocenters. The molecule has 16 atom stereocenters. The molecule has 13 rings (SSSR count). The highest BCUT2D eigenvalue weighted by Crippen LogP contribution is 2.31. The average molecular weight is 2080 g/mol. The molecule has 0 bridgehead atoms. The minimum absolute atomic E-state index is 0.0164. The van der Waals surface area contributed by atoms with Gasteiger partial charge in [-0.15, -0.1) is 22.7 Å². The summed E-state index contributed by atoms with van der Waals surface area (Å²) in [6.45, 7) is 13.9. The van der Waals surface area contributed by atoms with Crippen LogP contribution < -0.4 is 47.8 Å². The van der Waals surface area contributed by atoms with Crippen molar-refractivity contribution in [3.8, 4) is 0 Å². The largest absolute Gasteiger partial charge is 0.478 e. The van der Waals surface area contributed by atoms with E-state index in [2.05, 4.69) is 42.1 Å². The summed E-state index contributed by atoms with van der Waals surface area (Å²) >= 11 is 8.43. The van der Waals surface area contributed by atoms with E-state index in [-0.39, 0.29) is 173 Å². The topological polar surface area (TPSA) is 614 Å². The first kappa shape index (κ1) is 125. The van der Waals surface area contributed by atoms with Crippen LogP contribution >= 0.6 is 34.5 Å². The Morgan fingerprint density at radius 2 is 0.524 bits per heavy atom. The summed E-state index contributed by atoms with van der Waals surface area (Å²) < 4.78 is 42.6. The van der Waals surface area contributed by atoms with Gasteiger partial charge in [0, 0.05) is 129 Å². The van der Waals surface area contributed by atoms with Crippen molar-refractivity contribution in [1.29, 1.82) is 0 Å². The van der Waals surface area contributed by atoms with Crippen LogP contribution in [0, 0.1) is 5.92 Å². The monoisotopic (exact) mass is 2080 g/mol. The van der Waals surface area contributed by atoms with Gasteiger partial charge in [0.2, 0.25) is 41.4 Å². The molecule has 2 aromatic carbocycles. The van der Waals surface area contributed by atoms with E-state index in [9.17, 15) is 112 Å². The van der Waals surface area contributed by atoms with E-state index >= 15 is 0 Å². The molecule has 1 saturated carbocycles. The molecule has 9 fully saturated rings. The number of hydrogen-bond donors (Lipinski definition) is 17. The predicted octanol–water partition coefficient (Wildman–Crippen LogP) is 3.08. The number of amides is 7. The number of carbonyl (C=O) groups excluding carboxylic acids is 15. The van der Waals surface area contributed by atoms with Crippen LogP contribution in [0.2, 0.25) is 0 Å². The summed E-state index contributed by atoms with van der Waals surface area (Å²) in [7, 11) is -8.13. The molecule has 10 heterocycles. The van der Waals surface area contributed by atoms with Crippen LogP contribution in [-0.2, 0) is 135 Å². The van der Waals surface area contributed by atoms with E-state index in [1.165, 1.54) is 85.0 Å². The van der Waals surface area contributed by atoms with E-state index in [1.807, 2.05) is 95.7 Å². The number of benzene rings is 2. The van der Waals surface area contributed by atoms with Crippen LogP contribution in [0.25, 0.3) is 0 Å². The van der Waals surface area contributed by atoms with Gasteiger partial charge < -0.3 is 120 Å². The molecule has 8 saturated heterocycles. The summed E-state index contributed by atoms with van der Waals surface area (Å²) in [4.78, 5) is 174. The number of Topliss-reactive ketones (excluding diaryl/α,β-unsaturated/α-hetero) is 8. The highest BCUT2D eigenvalue weighted by Gasteiger charge is 2.45. The fourth-order valence-electron chi connectivity index (χ4n) is 17.0. The van der Waals surface area contributed by atoms with Crippen LogP contribution in [0.4, 0.5) is 0 Å². The minimum atomic E-state index is -1.05. The molecule has 40 nitrogen and oxygen atoms in total. The van der Waals surface area contributed by atoms with Gasteiger partial charge in [-0.1, -0.05) is 72.8 Å². The van der Waals surface area contributed by atoms with E-state index in [0.29, 0.717) is 173 Å². The van der Waals surface area contributed by atoms with Crippen LogP contribution in [0.3, 0.4) is 0 Å². The maximum Gasteiger partial charge on any atom is 0.478 e. The zero-order valence-corrected chi connectivity index (χ0v) is 86.6. The van der Waals surface area contributed by atoms with Crippen LogP contribution in [0.1, 0.15) is 263 Å². The van der Waals surface area contributed by atoms with Crippen molar-refractivity contribution in [2.75, 3.05) is 6.54 Å². The number of nitrogens with two attached hydrogens (primary N) is 1. The maximum absolute atomic E-state index is 12.0. The number of nitrogens with one attached hydrogen (secondary N) is 8. The predicted molar refractivity (Wildman–Crippen MR) is 548 cm³/mol. The molecule has 1 aliphatic carbocycles. The molecule has 18 N–H and O–H groups in total. The summed E-state index contributed by atoms with van der Waals surface area (Å²) in [5, 5.41) is 101. The Kier molecular flexibility index (Phi) is 58.4. The van der Waals surface area contributed by atoms with Gasteiger partial charge in [-0.3, -0.25) is 71.9 Å². The quantitative estimate of drug-likeness (QED) is 0.0230. The first-order chi connectivity index (χ1) is 68.9. The third kappa shape index (κ3) is 52.5. The van der Waals surface area contributed by atoms with E-state index in [4.69, 9.17) is 54.7 Å². The highest BCUT2D eigenvalue weighted by atomic mass is 35.5. The van der Waals surface area contributed by atoms with Crippen molar-refractivity contribution in [2.24, 2.45) is 11.7 Å². The number of thiophene rings is 2. The Bertz CT molecular complexity index is 4490. The zero-order chi connectivity index (χ0) is 107. The van der Waals surface area contributed by atoms with Crippen molar-refractivity contribution in [1.82, 2.24) is 42.1 Å². The Hall–Kier alpha value is -8.42. The van der Waals surface area contributed by atoms with E-state index < -0.39 is 86.7 Å². The van der Waals surface area contributed by atoms with Crippen molar-refractivity contribution in [2.45, 2.75) is 364 Å². The second kappa shape index (κ2) is 67.6. The number of rotatable bonds is 36. The molecule has 8 aliphatic heterocycles. The molecule has 51 heteroatoms. The van der Waals surface area contributed by atoms with Gasteiger partial charge >= 0.3 is 56.9 Å². The SMILES string of the molecule is CC(=O)CC1CC[C@H](NC(=O)C2CC2)B(O)O1.CC(=O)CC1CC[C@H](NC(=O)Cc2ccccc2)B(O)O1.CC(=O)CC1CC[C@H](NC(=O)Cc2cccs2)B(O)O1.CC(=O)CC1CC[C@H](NC(C)=O)B(O)O1.CC(=O)CC1CC[C@H](NCl)B(O)O1.CC(=O)C[C@@H]1CC[C@H](NC(=O)CCCN)B(O)O1.CC(=O)C[C@@H]1CC[C@H](NC(=O)Cc2ccccc2)B(O)O1.CC(=O)C[C@@H]1CC[C@H](NC(=O)Cc2cccs2)B(O)O1. The molecule has 794 valence electrons. The van der Waals surface area contributed by atoms with Gasteiger partial charge in [0.05, 0.1) is 73.2 Å². The lowest BCUT2D eigenvalue weighted by Crippen LogP contribution is -2.53. The number of carbonyl (C=O) groups is 15. The summed E-state index contributed by atoms with van der Waals surface area (Å²) in [6.07, 6.45) is 15.4. The highest BCUT2D eigenvalue weighted by molar-refractivity contribution is 7.10. The number of halogens is 1. The lowest BCUT2D eigenvalue weighted by molar-refractivity contribution is -0.123. The third-order valence-electron chi connectivity index (χ3n) is 24.3. The van der Waals surface area contributed by atoms with Gasteiger partial charge in [0.1, 0.15) is 46.3 Å². The first-order valence-corrected chi connectivity index (χ1v) is 51.9. The van der Waals surface area contributed by atoms with Crippen molar-refractivity contribution in [3.63, 3.8) is 0 Å². The number of hydrogen-bond acceptors (Lipinski definition) is 35. The average Bonchev–Trinajstić information content (AvgIpc) is 1.35. The van der Waals surface area contributed by atoms with Gasteiger partial charge in [-0.25, -0.2) is 4.84 Å². The van der Waals surface area contributed by atoms with Gasteiger partial charge in [-0.05, 0) is 230 Å². The van der Waals surface area contributed by atoms with Crippen molar-refractivity contribution in [3.05, 3.63) is 117 Å². The first-order valence-electron chi connectivity index (χ1n) is 49.7. The smallest absolute Gasteiger partial charge is 0.426 e. The molecule has 9 aliphatic rings. The molecular formula is C94H144B8ClN9O31S2. The zero-order valence-electron chi connectivity index (χ0n) is 84.2. The molecular weight excluding hydrogens is 1940 g/mol. The molecule has 4 aromatic rings. The normalized spacial score (nSPS) is 24.2. The number of ketones is 8. The third-order valence-corrected chi connectivity index (χ3v) is 26.3. The molecule has 7 amide bonds. The molecule has 0 spiro atoms. The Balaban J connectivity index is 0.000000254. The molecule has 2 aromatic heterocycles. The summed E-state index contributed by atoms with van der Waals surface area (Å²) in [5.41, 5.74) is 7.17. The van der Waals surface area contributed by atoms with Crippen LogP contribution in [-0.4, -0.2) is 288 Å². The van der Waals surface area contributed by atoms with E-state index in [0.717, 1.165) is 46.6 Å². The standard InChI is InChI=1S/2C15H20BNO4.2C13H18BNO4S.C11H21BN2O4.C11H18BNO4.C9H16BNO4.C7H13BClNO3/c2*1-11(18)9-13-7-8-14(16(20)21-13)17-15(19)10-12-5-3-2-4-6-12;2*1-9(16)7-10-4-5-12(14(18)19-10)15-13(17)8-11-3-2-6-20-11;1-8(15)7-9-4-5-10(12(17)18-9)14-11(16)3-2-6-13;1-7(14)6-9-4-5-10(12(16)17-9)13-11(15)8-2-3-8;1-6(12)5-8-3-4-9(10(14)15-8)11-7(2)13;1-5(11)4-6-2-3-7(10-9)8(12)13-6/h2*2-6,13-14,20H,7-10H2,1H3,(H,17,19);2*2-3,6,10,12,18H,4-5,7-8H2,1H3,(H,15,17);9-10,17H,2-7,13H2,1H3,(H,14,16);8-10,16H,2-6H2,1H3,(H,13,15);8-9,14H,3-5H2,1-2H3,(H,11,13);6-7,10,12H,2-4H2,1H3/t13?,14-;13-,14-;10?,12-;10-,12-;9-,10-;9?,10-;8?,9-;6?,7-/m00000000/s1. The second-order valence-electron chi connectivity index (χ2n) is 38.1. The Morgan fingerprint density at radius 3 is 0.731 bits per heavy atom. The Labute approximate surface area is 864 Å². The fraction of sp³-hybridized carbons (Fsp3) is 0.628. The summed E-state index contributed by atoms with van der Waals surface area (Å²) in [5.74, 6) is -3.22. The molecule has 0 radical (unpaired) electrons. The van der Waals surface area contributed by atoms with Gasteiger partial charge in [0.25, 0.3) is 0 Å². The fourth-order valence-corrected chi connectivity index (χ4v) is 18.6. The van der Waals surface area contributed by atoms with Crippen LogP contribution in [0.15, 0.2) is 95.7 Å². The van der Waals surface area contributed by atoms with Crippen LogP contribution in [0.5, 0.6) is 0 Å². The lowest BCUT2D eigenvalue weighted by atomic mass is 9.72. The second-order valence-corrected chi connectivity index (χ2v) is 40.4. The van der Waals surface area contributed by atoms with Crippen molar-refractivity contribution < 1.29 is 149 Å². The van der Waals surface area contributed by atoms with Crippen molar-refractivity contribution >= 4 is 179 Å². The minimum Gasteiger partial charge on any atom is -0.426 e. The lowest BCUT2D eigenvalue weighted by Gasteiger charge is -2.31.